The molecule has 0 amide bonds. The second kappa shape index (κ2) is 7.13. The minimum absolute atomic E-state index is 0.191. The first kappa shape index (κ1) is 17.7. The van der Waals surface area contributed by atoms with Crippen molar-refractivity contribution in [3.8, 4) is 11.5 Å². The summed E-state index contributed by atoms with van der Waals surface area (Å²) in [7, 11) is 1.66. The van der Waals surface area contributed by atoms with Crippen molar-refractivity contribution in [3.05, 3.63) is 64.2 Å². The fourth-order valence-electron chi connectivity index (χ4n) is 3.39. The Labute approximate surface area is 156 Å². The molecule has 5 nitrogen and oxygen atoms in total. The Morgan fingerprint density at radius 3 is 2.96 bits per heavy atom. The van der Waals surface area contributed by atoms with Gasteiger partial charge in [0.2, 0.25) is 5.78 Å². The molecular formula is C21H20FNO4. The van der Waals surface area contributed by atoms with E-state index in [1.54, 1.807) is 25.3 Å². The molecule has 2 aromatic rings. The van der Waals surface area contributed by atoms with Crippen LogP contribution in [0, 0.1) is 12.7 Å². The number of benzene rings is 2. The third-order valence-corrected chi connectivity index (χ3v) is 4.75. The highest BCUT2D eigenvalue weighted by atomic mass is 19.1. The maximum atomic E-state index is 13.4. The average molecular weight is 369 g/mol. The van der Waals surface area contributed by atoms with Crippen molar-refractivity contribution in [2.24, 2.45) is 0 Å². The van der Waals surface area contributed by atoms with Crippen molar-refractivity contribution in [2.45, 2.75) is 13.5 Å². The van der Waals surface area contributed by atoms with Gasteiger partial charge in [-0.3, -0.25) is 9.69 Å². The fraction of sp³-hybridized carbons (Fsp3) is 0.286. The van der Waals surface area contributed by atoms with E-state index in [2.05, 4.69) is 4.90 Å². The van der Waals surface area contributed by atoms with Crippen LogP contribution >= 0.6 is 0 Å². The standard InChI is InChI=1S/C21H20FNO4/c1-13-8-17-16(11-23(12-26-17)6-7-25-2)21-19(13)20(24)18(27-21)10-14-4-3-5-15(22)9-14/h3-5,8-10H,6-7,11-12H2,1-2H3/b18-10-. The molecule has 0 radical (unpaired) electrons. The number of nitrogens with zero attached hydrogens (tertiary/aromatic N) is 1. The Hall–Kier alpha value is -2.70. The van der Waals surface area contributed by atoms with Gasteiger partial charge in [0.1, 0.15) is 24.0 Å². The molecule has 0 bridgehead atoms. The van der Waals surface area contributed by atoms with E-state index in [-0.39, 0.29) is 17.4 Å². The number of carbonyl (C=O) groups excluding carboxylic acids is 1. The molecule has 0 spiro atoms. The van der Waals surface area contributed by atoms with E-state index in [0.29, 0.717) is 36.8 Å². The lowest BCUT2D eigenvalue weighted by Crippen LogP contribution is -2.34. The van der Waals surface area contributed by atoms with Gasteiger partial charge in [0.25, 0.3) is 0 Å². The molecule has 27 heavy (non-hydrogen) atoms. The first-order valence-electron chi connectivity index (χ1n) is 8.77. The second-order valence-electron chi connectivity index (χ2n) is 6.69. The van der Waals surface area contributed by atoms with E-state index >= 15 is 0 Å². The molecule has 0 aliphatic carbocycles. The van der Waals surface area contributed by atoms with E-state index in [0.717, 1.165) is 23.4 Å². The Balaban J connectivity index is 1.70. The lowest BCUT2D eigenvalue weighted by Gasteiger charge is -2.29. The van der Waals surface area contributed by atoms with Gasteiger partial charge in [-0.05, 0) is 42.3 Å². The smallest absolute Gasteiger partial charge is 0.232 e. The van der Waals surface area contributed by atoms with Crippen LogP contribution in [0.1, 0.15) is 27.0 Å². The summed E-state index contributed by atoms with van der Waals surface area (Å²) >= 11 is 0. The summed E-state index contributed by atoms with van der Waals surface area (Å²) in [5.74, 6) is 0.923. The van der Waals surface area contributed by atoms with E-state index < -0.39 is 0 Å². The number of methoxy groups -OCH3 is 1. The molecular weight excluding hydrogens is 349 g/mol. The minimum atomic E-state index is -0.358. The van der Waals surface area contributed by atoms with Gasteiger partial charge < -0.3 is 14.2 Å². The number of carbonyl (C=O) groups is 1. The molecule has 2 aliphatic rings. The number of aryl methyl sites for hydroxylation is 1. The lowest BCUT2D eigenvalue weighted by atomic mass is 9.98. The van der Waals surface area contributed by atoms with Crippen molar-refractivity contribution in [1.29, 1.82) is 0 Å². The van der Waals surface area contributed by atoms with Gasteiger partial charge in [0, 0.05) is 20.2 Å². The second-order valence-corrected chi connectivity index (χ2v) is 6.69. The average Bonchev–Trinajstić information content (AvgIpc) is 2.97. The first-order valence-corrected chi connectivity index (χ1v) is 8.77. The van der Waals surface area contributed by atoms with Gasteiger partial charge in [-0.1, -0.05) is 12.1 Å². The van der Waals surface area contributed by atoms with Gasteiger partial charge in [0.05, 0.1) is 17.7 Å². The molecule has 0 saturated heterocycles. The monoisotopic (exact) mass is 369 g/mol. The molecule has 0 atom stereocenters. The number of hydrogen-bond donors (Lipinski definition) is 0. The topological polar surface area (TPSA) is 48.0 Å². The van der Waals surface area contributed by atoms with Gasteiger partial charge in [-0.2, -0.15) is 0 Å². The highest BCUT2D eigenvalue weighted by molar-refractivity contribution is 6.15. The number of allylic oxidation sites excluding steroid dienone is 1. The molecule has 0 N–H and O–H groups in total. The van der Waals surface area contributed by atoms with Crippen LogP contribution in [0.15, 0.2) is 36.1 Å². The fourth-order valence-corrected chi connectivity index (χ4v) is 3.39. The molecule has 2 aliphatic heterocycles. The largest absolute Gasteiger partial charge is 0.478 e. The quantitative estimate of drug-likeness (QED) is 0.772. The van der Waals surface area contributed by atoms with Crippen LogP contribution in [0.4, 0.5) is 4.39 Å². The number of ketones is 1. The molecule has 0 aromatic heterocycles. The summed E-state index contributed by atoms with van der Waals surface area (Å²) in [5, 5.41) is 0. The van der Waals surface area contributed by atoms with Crippen molar-refractivity contribution >= 4 is 11.9 Å². The number of hydrogen-bond acceptors (Lipinski definition) is 5. The minimum Gasteiger partial charge on any atom is -0.478 e. The Morgan fingerprint density at radius 1 is 1.33 bits per heavy atom. The van der Waals surface area contributed by atoms with Crippen molar-refractivity contribution in [1.82, 2.24) is 4.90 Å². The molecule has 0 saturated carbocycles. The third kappa shape index (κ3) is 3.34. The molecule has 2 aromatic carbocycles. The zero-order chi connectivity index (χ0) is 19.0. The highest BCUT2D eigenvalue weighted by Gasteiger charge is 2.35. The molecule has 4 rings (SSSR count). The van der Waals surface area contributed by atoms with E-state index in [1.165, 1.54) is 12.1 Å². The number of rotatable bonds is 4. The predicted octanol–water partition coefficient (Wildman–Crippen LogP) is 3.55. The first-order chi connectivity index (χ1) is 13.1. The number of ether oxygens (including phenoxy) is 3. The van der Waals surface area contributed by atoms with Crippen LogP contribution in [0.5, 0.6) is 11.5 Å². The molecule has 2 heterocycles. The van der Waals surface area contributed by atoms with E-state index in [1.807, 2.05) is 13.0 Å². The third-order valence-electron chi connectivity index (χ3n) is 4.75. The number of fused-ring (bicyclic) bond motifs is 3. The summed E-state index contributed by atoms with van der Waals surface area (Å²) in [6.45, 7) is 4.26. The maximum Gasteiger partial charge on any atom is 0.232 e. The maximum absolute atomic E-state index is 13.4. The van der Waals surface area contributed by atoms with Gasteiger partial charge in [-0.25, -0.2) is 4.39 Å². The van der Waals surface area contributed by atoms with Crippen molar-refractivity contribution in [3.63, 3.8) is 0 Å². The molecule has 0 fully saturated rings. The Bertz CT molecular complexity index is 938. The summed E-state index contributed by atoms with van der Waals surface area (Å²) in [6.07, 6.45) is 1.57. The highest BCUT2D eigenvalue weighted by Crippen LogP contribution is 2.43. The Kier molecular flexibility index (Phi) is 4.68. The normalized spacial score (nSPS) is 17.4. The number of halogens is 1. The van der Waals surface area contributed by atoms with E-state index in [9.17, 15) is 9.18 Å². The van der Waals surface area contributed by atoms with Crippen LogP contribution in [0.25, 0.3) is 6.08 Å². The van der Waals surface area contributed by atoms with Gasteiger partial charge in [0.15, 0.2) is 5.76 Å². The summed E-state index contributed by atoms with van der Waals surface area (Å²) in [4.78, 5) is 15.0. The predicted molar refractivity (Wildman–Crippen MR) is 98.3 cm³/mol. The zero-order valence-corrected chi connectivity index (χ0v) is 15.3. The van der Waals surface area contributed by atoms with Gasteiger partial charge >= 0.3 is 0 Å². The summed E-state index contributed by atoms with van der Waals surface area (Å²) in [6, 6.07) is 7.94. The number of Topliss-reactive ketones (excluding diaryl/α,β-unsaturated/α-hetero) is 1. The van der Waals surface area contributed by atoms with Crippen LogP contribution in [-0.4, -0.2) is 37.7 Å². The van der Waals surface area contributed by atoms with Crippen LogP contribution in [-0.2, 0) is 11.3 Å². The summed E-state index contributed by atoms with van der Waals surface area (Å²) < 4.78 is 30.4. The van der Waals surface area contributed by atoms with Crippen molar-refractivity contribution < 1.29 is 23.4 Å². The van der Waals surface area contributed by atoms with Crippen LogP contribution < -0.4 is 9.47 Å². The molecule has 140 valence electrons. The van der Waals surface area contributed by atoms with Crippen LogP contribution in [0.3, 0.4) is 0 Å². The molecule has 6 heteroatoms. The Morgan fingerprint density at radius 2 is 2.19 bits per heavy atom. The van der Waals surface area contributed by atoms with Crippen LogP contribution in [0.2, 0.25) is 0 Å². The van der Waals surface area contributed by atoms with Gasteiger partial charge in [-0.15, -0.1) is 0 Å². The lowest BCUT2D eigenvalue weighted by molar-refractivity contribution is 0.0646. The SMILES string of the molecule is COCCN1COc2cc(C)c3c(c2C1)O/C(=C\c1cccc(F)c1)C3=O. The summed E-state index contributed by atoms with van der Waals surface area (Å²) in [5.41, 5.74) is 2.79. The van der Waals surface area contributed by atoms with E-state index in [4.69, 9.17) is 14.2 Å². The zero-order valence-electron chi connectivity index (χ0n) is 15.3. The van der Waals surface area contributed by atoms with Crippen molar-refractivity contribution in [2.75, 3.05) is 27.0 Å². The molecule has 0 unspecified atom stereocenters.